The number of amides is 1. The highest BCUT2D eigenvalue weighted by Crippen LogP contribution is 2.13. The lowest BCUT2D eigenvalue weighted by Crippen LogP contribution is -2.49. The van der Waals surface area contributed by atoms with Crippen molar-refractivity contribution >= 4 is 11.9 Å². The van der Waals surface area contributed by atoms with E-state index < -0.39 is 5.54 Å². The molecule has 1 amide bonds. The van der Waals surface area contributed by atoms with Crippen molar-refractivity contribution in [3.63, 3.8) is 0 Å². The molecule has 0 atom stereocenters. The summed E-state index contributed by atoms with van der Waals surface area (Å²) in [6, 6.07) is 0. The Morgan fingerprint density at radius 1 is 1.35 bits per heavy atom. The number of carbonyl (C=O) groups is 2. The first-order valence-corrected chi connectivity index (χ1v) is 6.97. The zero-order valence-electron chi connectivity index (χ0n) is 13.0. The van der Waals surface area contributed by atoms with Gasteiger partial charge in [-0.3, -0.25) is 14.5 Å². The number of ether oxygens (including phenoxy) is 1. The topological polar surface area (TPSA) is 58.6 Å². The molecule has 0 rings (SSSR count). The highest BCUT2D eigenvalue weighted by molar-refractivity contribution is 5.79. The molecule has 0 aliphatic heterocycles. The van der Waals surface area contributed by atoms with Gasteiger partial charge in [-0.1, -0.05) is 19.8 Å². The summed E-state index contributed by atoms with van der Waals surface area (Å²) in [6.45, 7) is 4.85. The fourth-order valence-electron chi connectivity index (χ4n) is 1.89. The van der Waals surface area contributed by atoms with E-state index in [4.69, 9.17) is 6.42 Å². The van der Waals surface area contributed by atoms with Crippen LogP contribution in [-0.4, -0.2) is 49.6 Å². The number of methoxy groups -OCH3 is 1. The molecule has 1 N–H and O–H groups in total. The average molecular weight is 282 g/mol. The maximum atomic E-state index is 12.0. The summed E-state index contributed by atoms with van der Waals surface area (Å²) in [5.41, 5.74) is -0.552. The first-order chi connectivity index (χ1) is 9.42. The van der Waals surface area contributed by atoms with E-state index in [1.165, 1.54) is 7.11 Å². The zero-order chi connectivity index (χ0) is 15.6. The molecule has 0 aliphatic rings. The predicted molar refractivity (Wildman–Crippen MR) is 79.0 cm³/mol. The van der Waals surface area contributed by atoms with Crippen LogP contribution in [0.3, 0.4) is 0 Å². The lowest BCUT2D eigenvalue weighted by molar-refractivity contribution is -0.140. The predicted octanol–water partition coefficient (Wildman–Crippen LogP) is 1.18. The van der Waals surface area contributed by atoms with E-state index in [9.17, 15) is 9.59 Å². The number of carbonyl (C=O) groups excluding carboxylic acids is 2. The molecule has 0 spiro atoms. The van der Waals surface area contributed by atoms with Gasteiger partial charge in [0, 0.05) is 6.42 Å². The number of hydrogen-bond donors (Lipinski definition) is 1. The minimum absolute atomic E-state index is 0.0905. The van der Waals surface area contributed by atoms with E-state index in [-0.39, 0.29) is 18.4 Å². The van der Waals surface area contributed by atoms with Gasteiger partial charge in [0.2, 0.25) is 5.91 Å². The molecule has 0 heterocycles. The van der Waals surface area contributed by atoms with E-state index in [1.54, 1.807) is 0 Å². The molecule has 114 valence electrons. The molecular weight excluding hydrogens is 256 g/mol. The molecule has 5 nitrogen and oxygen atoms in total. The first kappa shape index (κ1) is 18.5. The van der Waals surface area contributed by atoms with Crippen LogP contribution in [0, 0.1) is 12.3 Å². The van der Waals surface area contributed by atoms with Crippen LogP contribution in [0.5, 0.6) is 0 Å². The molecule has 0 aromatic rings. The zero-order valence-corrected chi connectivity index (χ0v) is 13.0. The van der Waals surface area contributed by atoms with Crippen LogP contribution >= 0.6 is 0 Å². The average Bonchev–Trinajstić information content (AvgIpc) is 2.44. The van der Waals surface area contributed by atoms with Crippen LogP contribution < -0.4 is 5.32 Å². The molecule has 0 aliphatic carbocycles. The van der Waals surface area contributed by atoms with Gasteiger partial charge >= 0.3 is 5.97 Å². The SMILES string of the molecule is C#CC(CC)(CC)NC(=O)CN(C)CCCC(=O)OC. The van der Waals surface area contributed by atoms with Crippen molar-refractivity contribution in [2.45, 2.75) is 45.1 Å². The maximum absolute atomic E-state index is 12.0. The smallest absolute Gasteiger partial charge is 0.305 e. The van der Waals surface area contributed by atoms with Gasteiger partial charge in [0.25, 0.3) is 0 Å². The monoisotopic (exact) mass is 282 g/mol. The summed E-state index contributed by atoms with van der Waals surface area (Å²) < 4.78 is 4.56. The number of likely N-dealkylation sites (N-methyl/N-ethyl adjacent to an activating group) is 1. The van der Waals surface area contributed by atoms with Gasteiger partial charge in [0.15, 0.2) is 0 Å². The summed E-state index contributed by atoms with van der Waals surface area (Å²) >= 11 is 0. The van der Waals surface area contributed by atoms with Crippen molar-refractivity contribution in [3.05, 3.63) is 0 Å². The standard InChI is InChI=1S/C15H26N2O3/c1-6-15(7-2,8-3)16-13(18)12-17(4)11-9-10-14(19)20-5/h1H,7-12H2,2-5H3,(H,16,18). The van der Waals surface area contributed by atoms with Crippen molar-refractivity contribution in [1.82, 2.24) is 10.2 Å². The lowest BCUT2D eigenvalue weighted by Gasteiger charge is -2.28. The van der Waals surface area contributed by atoms with Crippen LogP contribution in [0.1, 0.15) is 39.5 Å². The minimum atomic E-state index is -0.552. The number of nitrogens with one attached hydrogen (secondary N) is 1. The number of esters is 1. The number of hydrogen-bond acceptors (Lipinski definition) is 4. The second-order valence-corrected chi connectivity index (χ2v) is 4.90. The highest BCUT2D eigenvalue weighted by atomic mass is 16.5. The van der Waals surface area contributed by atoms with E-state index in [0.29, 0.717) is 32.2 Å². The summed E-state index contributed by atoms with van der Waals surface area (Å²) in [5, 5.41) is 2.91. The Morgan fingerprint density at radius 2 is 1.95 bits per heavy atom. The fraction of sp³-hybridized carbons (Fsp3) is 0.733. The maximum Gasteiger partial charge on any atom is 0.305 e. The van der Waals surface area contributed by atoms with Gasteiger partial charge in [0.1, 0.15) is 5.54 Å². The summed E-state index contributed by atoms with van der Waals surface area (Å²) in [5.74, 6) is 2.35. The summed E-state index contributed by atoms with van der Waals surface area (Å²) in [6.07, 6.45) is 7.95. The molecule has 0 saturated carbocycles. The Morgan fingerprint density at radius 3 is 2.40 bits per heavy atom. The van der Waals surface area contributed by atoms with Gasteiger partial charge in [-0.15, -0.1) is 6.42 Å². The number of nitrogens with zero attached hydrogens (tertiary/aromatic N) is 1. The van der Waals surface area contributed by atoms with E-state index in [2.05, 4.69) is 16.0 Å². The lowest BCUT2D eigenvalue weighted by atomic mass is 9.94. The Kier molecular flexibility index (Phi) is 8.66. The van der Waals surface area contributed by atoms with Gasteiger partial charge in [-0.05, 0) is 32.9 Å². The largest absolute Gasteiger partial charge is 0.469 e. The van der Waals surface area contributed by atoms with E-state index >= 15 is 0 Å². The second kappa shape index (κ2) is 9.38. The molecule has 20 heavy (non-hydrogen) atoms. The molecule has 0 unspecified atom stereocenters. The third kappa shape index (κ3) is 6.58. The molecule has 0 radical (unpaired) electrons. The van der Waals surface area contributed by atoms with E-state index in [1.807, 2.05) is 25.8 Å². The Labute approximate surface area is 122 Å². The Bertz CT molecular complexity index is 357. The van der Waals surface area contributed by atoms with Crippen LogP contribution in [0.15, 0.2) is 0 Å². The van der Waals surface area contributed by atoms with Gasteiger partial charge in [-0.2, -0.15) is 0 Å². The molecule has 0 aromatic heterocycles. The van der Waals surface area contributed by atoms with Gasteiger partial charge < -0.3 is 10.1 Å². The van der Waals surface area contributed by atoms with Crippen LogP contribution in [0.25, 0.3) is 0 Å². The summed E-state index contributed by atoms with van der Waals surface area (Å²) in [7, 11) is 3.21. The Balaban J connectivity index is 4.14. The molecular formula is C15H26N2O3. The van der Waals surface area contributed by atoms with Crippen LogP contribution in [0.2, 0.25) is 0 Å². The van der Waals surface area contributed by atoms with Crippen molar-refractivity contribution in [2.24, 2.45) is 0 Å². The van der Waals surface area contributed by atoms with Crippen LogP contribution in [-0.2, 0) is 14.3 Å². The van der Waals surface area contributed by atoms with E-state index in [0.717, 1.165) is 0 Å². The highest BCUT2D eigenvalue weighted by Gasteiger charge is 2.25. The van der Waals surface area contributed by atoms with Crippen molar-refractivity contribution in [1.29, 1.82) is 0 Å². The molecule has 5 heteroatoms. The van der Waals surface area contributed by atoms with Crippen molar-refractivity contribution < 1.29 is 14.3 Å². The second-order valence-electron chi connectivity index (χ2n) is 4.90. The third-order valence-corrected chi connectivity index (χ3v) is 3.42. The van der Waals surface area contributed by atoms with Gasteiger partial charge in [0.05, 0.1) is 13.7 Å². The molecule has 0 fully saturated rings. The quantitative estimate of drug-likeness (QED) is 0.509. The molecule has 0 bridgehead atoms. The summed E-state index contributed by atoms with van der Waals surface area (Å²) in [4.78, 5) is 24.8. The van der Waals surface area contributed by atoms with Crippen molar-refractivity contribution in [2.75, 3.05) is 27.2 Å². The van der Waals surface area contributed by atoms with Crippen LogP contribution in [0.4, 0.5) is 0 Å². The number of rotatable bonds is 9. The molecule has 0 saturated heterocycles. The first-order valence-electron chi connectivity index (χ1n) is 6.97. The van der Waals surface area contributed by atoms with Crippen molar-refractivity contribution in [3.8, 4) is 12.3 Å². The molecule has 0 aromatic carbocycles. The fourth-order valence-corrected chi connectivity index (χ4v) is 1.89. The number of terminal acetylenes is 1. The normalized spacial score (nSPS) is 11.0. The van der Waals surface area contributed by atoms with Gasteiger partial charge in [-0.25, -0.2) is 0 Å². The third-order valence-electron chi connectivity index (χ3n) is 3.42. The minimum Gasteiger partial charge on any atom is -0.469 e. The Hall–Kier alpha value is -1.54.